The van der Waals surface area contributed by atoms with Crippen molar-refractivity contribution in [3.05, 3.63) is 23.1 Å². The molecule has 6 heteroatoms. The first-order valence-electron chi connectivity index (χ1n) is 3.96. The number of thioether (sulfide) groups is 1. The average molecular weight is 235 g/mol. The molecule has 0 bridgehead atoms. The van der Waals surface area contributed by atoms with E-state index in [1.54, 1.807) is 12.1 Å². The van der Waals surface area contributed by atoms with E-state index in [0.29, 0.717) is 16.7 Å². The zero-order chi connectivity index (χ0) is 10.6. The lowest BCUT2D eigenvalue weighted by Gasteiger charge is -2.04. The van der Waals surface area contributed by atoms with Crippen LogP contribution in [0.3, 0.4) is 0 Å². The Kier molecular flexibility index (Phi) is 4.31. The van der Waals surface area contributed by atoms with Crippen molar-refractivity contribution in [2.45, 2.75) is 11.8 Å². The summed E-state index contributed by atoms with van der Waals surface area (Å²) in [4.78, 5) is 10.6. The molecule has 78 valence electrons. The van der Waals surface area contributed by atoms with Gasteiger partial charge in [0.15, 0.2) is 5.22 Å². The fourth-order valence-electron chi connectivity index (χ4n) is 0.798. The summed E-state index contributed by atoms with van der Waals surface area (Å²) in [6, 6.07) is 2.85. The topological polar surface area (TPSA) is 82.2 Å². The summed E-state index contributed by atoms with van der Waals surface area (Å²) in [7, 11) is 0. The molecule has 1 unspecified atom stereocenters. The smallest absolute Gasteiger partial charge is 0.235 e. The van der Waals surface area contributed by atoms with Crippen molar-refractivity contribution in [2.24, 2.45) is 11.5 Å². The fourth-order valence-corrected chi connectivity index (χ4v) is 1.85. The van der Waals surface area contributed by atoms with Gasteiger partial charge in [0.05, 0.1) is 11.8 Å². The number of carbonyl (C=O) groups is 1. The summed E-state index contributed by atoms with van der Waals surface area (Å²) >= 11 is 7.06. The van der Waals surface area contributed by atoms with Crippen molar-refractivity contribution in [1.29, 1.82) is 0 Å². The Balaban J connectivity index is 2.25. The van der Waals surface area contributed by atoms with E-state index < -0.39 is 11.9 Å². The molecule has 0 fully saturated rings. The maximum Gasteiger partial charge on any atom is 0.235 e. The highest BCUT2D eigenvalue weighted by molar-refractivity contribution is 7.98. The first kappa shape index (κ1) is 11.4. The average Bonchev–Trinajstić information content (AvgIpc) is 2.51. The van der Waals surface area contributed by atoms with Gasteiger partial charge >= 0.3 is 0 Å². The van der Waals surface area contributed by atoms with Crippen LogP contribution in [-0.2, 0) is 10.5 Å². The van der Waals surface area contributed by atoms with Crippen LogP contribution in [0.2, 0.25) is 5.22 Å². The van der Waals surface area contributed by atoms with E-state index in [1.165, 1.54) is 11.8 Å². The van der Waals surface area contributed by atoms with E-state index in [4.69, 9.17) is 27.5 Å². The molecule has 0 spiro atoms. The van der Waals surface area contributed by atoms with Crippen LogP contribution in [0.15, 0.2) is 16.5 Å². The Morgan fingerprint density at radius 3 is 2.86 bits per heavy atom. The van der Waals surface area contributed by atoms with E-state index >= 15 is 0 Å². The second-order valence-corrected chi connectivity index (χ2v) is 4.13. The summed E-state index contributed by atoms with van der Waals surface area (Å²) in [5.74, 6) is 1.38. The minimum absolute atomic E-state index is 0.361. The van der Waals surface area contributed by atoms with Gasteiger partial charge in [0.1, 0.15) is 5.76 Å². The van der Waals surface area contributed by atoms with Gasteiger partial charge in [-0.1, -0.05) is 0 Å². The molecule has 4 N–H and O–H groups in total. The molecular weight excluding hydrogens is 224 g/mol. The first-order chi connectivity index (χ1) is 6.59. The second kappa shape index (κ2) is 5.29. The SMILES string of the molecule is NC(=O)C(N)CSCc1ccc(Cl)o1. The molecule has 1 amide bonds. The minimum atomic E-state index is -0.606. The van der Waals surface area contributed by atoms with Gasteiger partial charge in [-0.15, -0.1) is 0 Å². The predicted octanol–water partition coefficient (Wildman–Crippen LogP) is 0.979. The van der Waals surface area contributed by atoms with E-state index in [0.717, 1.165) is 5.76 Å². The van der Waals surface area contributed by atoms with Gasteiger partial charge in [-0.05, 0) is 23.7 Å². The highest BCUT2D eigenvalue weighted by Crippen LogP contribution is 2.18. The van der Waals surface area contributed by atoms with Crippen molar-refractivity contribution in [2.75, 3.05) is 5.75 Å². The number of hydrogen-bond acceptors (Lipinski definition) is 4. The van der Waals surface area contributed by atoms with Crippen LogP contribution in [-0.4, -0.2) is 17.7 Å². The number of rotatable bonds is 5. The monoisotopic (exact) mass is 234 g/mol. The zero-order valence-electron chi connectivity index (χ0n) is 7.40. The van der Waals surface area contributed by atoms with Gasteiger partial charge in [0.2, 0.25) is 5.91 Å². The van der Waals surface area contributed by atoms with Gasteiger partial charge in [-0.2, -0.15) is 11.8 Å². The molecule has 14 heavy (non-hydrogen) atoms. The Morgan fingerprint density at radius 2 is 2.36 bits per heavy atom. The minimum Gasteiger partial charge on any atom is -0.449 e. The highest BCUT2D eigenvalue weighted by Gasteiger charge is 2.09. The number of nitrogens with two attached hydrogens (primary N) is 2. The molecule has 1 aromatic rings. The molecular formula is C8H11ClN2O2S. The first-order valence-corrected chi connectivity index (χ1v) is 5.49. The van der Waals surface area contributed by atoms with Crippen molar-refractivity contribution < 1.29 is 9.21 Å². The summed E-state index contributed by atoms with van der Waals surface area (Å²) < 4.78 is 5.11. The molecule has 4 nitrogen and oxygen atoms in total. The molecule has 1 aromatic heterocycles. The van der Waals surface area contributed by atoms with Crippen molar-refractivity contribution >= 4 is 29.3 Å². The lowest BCUT2D eigenvalue weighted by atomic mass is 10.3. The molecule has 0 saturated carbocycles. The Bertz CT molecular complexity index is 316. The quantitative estimate of drug-likeness (QED) is 0.796. The van der Waals surface area contributed by atoms with Crippen molar-refractivity contribution in [3.63, 3.8) is 0 Å². The molecule has 0 aromatic carbocycles. The Morgan fingerprint density at radius 1 is 1.64 bits per heavy atom. The molecule has 0 aliphatic carbocycles. The van der Waals surface area contributed by atoms with Crippen LogP contribution < -0.4 is 11.5 Å². The van der Waals surface area contributed by atoms with Crippen LogP contribution in [0.1, 0.15) is 5.76 Å². The lowest BCUT2D eigenvalue weighted by Crippen LogP contribution is -2.38. The maximum absolute atomic E-state index is 10.6. The molecule has 1 heterocycles. The number of amides is 1. The van der Waals surface area contributed by atoms with Crippen molar-refractivity contribution in [3.8, 4) is 0 Å². The van der Waals surface area contributed by atoms with Gasteiger partial charge in [0.25, 0.3) is 0 Å². The third-order valence-electron chi connectivity index (χ3n) is 1.54. The van der Waals surface area contributed by atoms with E-state index in [9.17, 15) is 4.79 Å². The number of carbonyl (C=O) groups excluding carboxylic acids is 1. The molecule has 0 aliphatic rings. The Labute approximate surface area is 91.0 Å². The third-order valence-corrected chi connectivity index (χ3v) is 2.82. The molecule has 0 aliphatic heterocycles. The van der Waals surface area contributed by atoms with Crippen molar-refractivity contribution in [1.82, 2.24) is 0 Å². The standard InChI is InChI=1S/C8H11ClN2O2S/c9-7-2-1-5(13-7)3-14-4-6(10)8(11)12/h1-2,6H,3-4,10H2,(H2,11,12). The summed E-state index contributed by atoms with van der Waals surface area (Å²) in [6.45, 7) is 0. The van der Waals surface area contributed by atoms with Crippen LogP contribution >= 0.6 is 23.4 Å². The van der Waals surface area contributed by atoms with Crippen LogP contribution in [0.5, 0.6) is 0 Å². The summed E-state index contributed by atoms with van der Waals surface area (Å²) in [6.07, 6.45) is 0. The molecule has 0 saturated heterocycles. The largest absolute Gasteiger partial charge is 0.449 e. The second-order valence-electron chi connectivity index (χ2n) is 2.73. The normalized spacial score (nSPS) is 12.7. The van der Waals surface area contributed by atoms with E-state index in [2.05, 4.69) is 0 Å². The van der Waals surface area contributed by atoms with E-state index in [1.807, 2.05) is 0 Å². The number of furan rings is 1. The van der Waals surface area contributed by atoms with Crippen LogP contribution in [0.4, 0.5) is 0 Å². The van der Waals surface area contributed by atoms with E-state index in [-0.39, 0.29) is 0 Å². The van der Waals surface area contributed by atoms with Gasteiger partial charge in [-0.25, -0.2) is 0 Å². The third kappa shape index (κ3) is 3.61. The molecule has 0 radical (unpaired) electrons. The highest BCUT2D eigenvalue weighted by atomic mass is 35.5. The molecule has 1 atom stereocenters. The Hall–Kier alpha value is -0.650. The van der Waals surface area contributed by atoms with Gasteiger partial charge in [-0.3, -0.25) is 4.79 Å². The lowest BCUT2D eigenvalue weighted by molar-refractivity contribution is -0.118. The predicted molar refractivity (Wildman–Crippen MR) is 57.0 cm³/mol. The fraction of sp³-hybridized carbons (Fsp3) is 0.375. The number of primary amides is 1. The number of halogens is 1. The van der Waals surface area contributed by atoms with Crippen LogP contribution in [0.25, 0.3) is 0 Å². The van der Waals surface area contributed by atoms with Gasteiger partial charge in [0, 0.05) is 5.75 Å². The van der Waals surface area contributed by atoms with Crippen LogP contribution in [0, 0.1) is 0 Å². The number of hydrogen-bond donors (Lipinski definition) is 2. The van der Waals surface area contributed by atoms with Gasteiger partial charge < -0.3 is 15.9 Å². The summed E-state index contributed by atoms with van der Waals surface area (Å²) in [5.41, 5.74) is 10.4. The summed E-state index contributed by atoms with van der Waals surface area (Å²) in [5, 5.41) is 0.361. The maximum atomic E-state index is 10.6. The zero-order valence-corrected chi connectivity index (χ0v) is 8.98. The molecule has 1 rings (SSSR count).